The van der Waals surface area contributed by atoms with Crippen molar-refractivity contribution in [1.29, 1.82) is 5.26 Å². The number of amides is 2. The molecule has 0 aliphatic rings. The first-order valence-corrected chi connectivity index (χ1v) is 9.43. The number of nitrogens with zero attached hydrogens (tertiary/aromatic N) is 2. The van der Waals surface area contributed by atoms with Gasteiger partial charge >= 0.3 is 0 Å². The van der Waals surface area contributed by atoms with E-state index in [0.29, 0.717) is 32.9 Å². The van der Waals surface area contributed by atoms with Crippen LogP contribution in [0.15, 0.2) is 72.8 Å². The van der Waals surface area contributed by atoms with Crippen molar-refractivity contribution in [3.05, 3.63) is 89.5 Å². The van der Waals surface area contributed by atoms with Crippen molar-refractivity contribution in [3.8, 4) is 6.07 Å². The van der Waals surface area contributed by atoms with E-state index in [1.54, 1.807) is 24.3 Å². The highest BCUT2D eigenvalue weighted by Gasteiger charge is 2.22. The maximum Gasteiger partial charge on any atom is 0.253 e. The van der Waals surface area contributed by atoms with E-state index in [1.807, 2.05) is 48.5 Å². The Bertz CT molecular complexity index is 1270. The van der Waals surface area contributed by atoms with E-state index in [-0.39, 0.29) is 6.42 Å². The van der Waals surface area contributed by atoms with Crippen molar-refractivity contribution in [2.24, 2.45) is 5.73 Å². The smallest absolute Gasteiger partial charge is 0.253 e. The number of nitrogens with two attached hydrogens (primary N) is 1. The molecule has 4 aromatic rings. The molecule has 3 N–H and O–H groups in total. The van der Waals surface area contributed by atoms with Crippen LogP contribution < -0.4 is 11.1 Å². The van der Waals surface area contributed by atoms with Crippen molar-refractivity contribution in [1.82, 2.24) is 10.3 Å². The maximum absolute atomic E-state index is 13.3. The van der Waals surface area contributed by atoms with E-state index in [2.05, 4.69) is 16.4 Å². The normalized spacial score (nSPS) is 11.7. The fraction of sp³-hybridized carbons (Fsp3) is 0.0833. The number of hydrogen-bond acceptors (Lipinski definition) is 4. The summed E-state index contributed by atoms with van der Waals surface area (Å²) in [5.41, 5.74) is 8.63. The molecule has 0 bridgehead atoms. The summed E-state index contributed by atoms with van der Waals surface area (Å²) in [4.78, 5) is 30.0. The topological polar surface area (TPSA) is 109 Å². The second-order valence-electron chi connectivity index (χ2n) is 6.97. The highest BCUT2D eigenvalue weighted by atomic mass is 16.2. The minimum atomic E-state index is -0.919. The number of carbonyl (C=O) groups is 2. The lowest BCUT2D eigenvalue weighted by Crippen LogP contribution is -2.46. The fourth-order valence-electron chi connectivity index (χ4n) is 3.54. The highest BCUT2D eigenvalue weighted by molar-refractivity contribution is 6.16. The van der Waals surface area contributed by atoms with E-state index >= 15 is 0 Å². The first-order chi connectivity index (χ1) is 14.6. The standard InChI is InChI=1S/C24H18N4O2/c25-14-16-7-5-6-15(12-16)13-21(23(26)29)28-24(30)22-17-8-1-3-10-19(17)27-20-11-4-2-9-18(20)22/h1-12,21H,13H2,(H2,26,29)(H,28,30)/t21-/m1/s1. The minimum Gasteiger partial charge on any atom is -0.368 e. The van der Waals surface area contributed by atoms with Crippen molar-refractivity contribution >= 4 is 33.6 Å². The number of aromatic nitrogens is 1. The van der Waals surface area contributed by atoms with Gasteiger partial charge in [-0.3, -0.25) is 9.59 Å². The number of carbonyl (C=O) groups excluding carboxylic acids is 2. The van der Waals surface area contributed by atoms with Gasteiger partial charge in [-0.15, -0.1) is 0 Å². The van der Waals surface area contributed by atoms with Crippen LogP contribution in [0.25, 0.3) is 21.8 Å². The molecule has 0 fully saturated rings. The monoisotopic (exact) mass is 394 g/mol. The fourth-order valence-corrected chi connectivity index (χ4v) is 3.54. The van der Waals surface area contributed by atoms with Gasteiger partial charge in [-0.25, -0.2) is 4.98 Å². The Morgan fingerprint density at radius 2 is 1.60 bits per heavy atom. The average molecular weight is 394 g/mol. The number of rotatable bonds is 5. The third kappa shape index (κ3) is 3.69. The van der Waals surface area contributed by atoms with Crippen molar-refractivity contribution in [3.63, 3.8) is 0 Å². The van der Waals surface area contributed by atoms with E-state index in [1.165, 1.54) is 0 Å². The number of para-hydroxylation sites is 2. The third-order valence-corrected chi connectivity index (χ3v) is 4.96. The van der Waals surface area contributed by atoms with Gasteiger partial charge in [0.2, 0.25) is 5.91 Å². The van der Waals surface area contributed by atoms with Gasteiger partial charge in [0.15, 0.2) is 0 Å². The van der Waals surface area contributed by atoms with Gasteiger partial charge in [-0.05, 0) is 29.8 Å². The number of pyridine rings is 1. The Hall–Kier alpha value is -4.24. The molecule has 1 atom stereocenters. The van der Waals surface area contributed by atoms with Crippen LogP contribution in [0.3, 0.4) is 0 Å². The predicted octanol–water partition coefficient (Wildman–Crippen LogP) is 3.09. The van der Waals surface area contributed by atoms with Crippen molar-refractivity contribution in [2.75, 3.05) is 0 Å². The molecular formula is C24H18N4O2. The van der Waals surface area contributed by atoms with Crippen LogP contribution in [0.5, 0.6) is 0 Å². The minimum absolute atomic E-state index is 0.192. The number of primary amides is 1. The molecule has 1 aromatic heterocycles. The van der Waals surface area contributed by atoms with Gasteiger partial charge < -0.3 is 11.1 Å². The Morgan fingerprint density at radius 3 is 2.20 bits per heavy atom. The maximum atomic E-state index is 13.3. The summed E-state index contributed by atoms with van der Waals surface area (Å²) in [5.74, 6) is -1.04. The molecule has 0 unspecified atom stereocenters. The number of nitriles is 1. The van der Waals surface area contributed by atoms with Crippen LogP contribution in [-0.2, 0) is 11.2 Å². The third-order valence-electron chi connectivity index (χ3n) is 4.96. The van der Waals surface area contributed by atoms with Crippen LogP contribution in [0.2, 0.25) is 0 Å². The van der Waals surface area contributed by atoms with E-state index in [9.17, 15) is 9.59 Å². The van der Waals surface area contributed by atoms with E-state index < -0.39 is 17.9 Å². The quantitative estimate of drug-likeness (QED) is 0.507. The highest BCUT2D eigenvalue weighted by Crippen LogP contribution is 2.26. The molecule has 0 spiro atoms. The SMILES string of the molecule is N#Cc1cccc(C[C@@H](NC(=O)c2c3ccccc3nc3ccccc23)C(N)=O)c1. The van der Waals surface area contributed by atoms with Gasteiger partial charge in [0, 0.05) is 17.2 Å². The molecule has 6 heteroatoms. The van der Waals surface area contributed by atoms with Gasteiger partial charge in [-0.2, -0.15) is 5.26 Å². The van der Waals surface area contributed by atoms with Crippen LogP contribution in [0.4, 0.5) is 0 Å². The summed E-state index contributed by atoms with van der Waals surface area (Å²) in [7, 11) is 0. The summed E-state index contributed by atoms with van der Waals surface area (Å²) in [6.07, 6.45) is 0.192. The molecule has 1 heterocycles. The van der Waals surface area contributed by atoms with Gasteiger partial charge in [0.25, 0.3) is 5.91 Å². The zero-order valence-corrected chi connectivity index (χ0v) is 16.0. The van der Waals surface area contributed by atoms with Crippen molar-refractivity contribution < 1.29 is 9.59 Å². The zero-order chi connectivity index (χ0) is 21.1. The molecule has 3 aromatic carbocycles. The van der Waals surface area contributed by atoms with Gasteiger partial charge in [-0.1, -0.05) is 48.5 Å². The summed E-state index contributed by atoms with van der Waals surface area (Å²) < 4.78 is 0. The Labute approximate surface area is 173 Å². The number of fused-ring (bicyclic) bond motifs is 2. The van der Waals surface area contributed by atoms with Crippen LogP contribution in [0.1, 0.15) is 21.5 Å². The van der Waals surface area contributed by atoms with Crippen LogP contribution >= 0.6 is 0 Å². The molecular weight excluding hydrogens is 376 g/mol. The molecule has 146 valence electrons. The molecule has 2 amide bonds. The summed E-state index contributed by atoms with van der Waals surface area (Å²) >= 11 is 0. The molecule has 0 aliphatic heterocycles. The number of nitrogens with one attached hydrogen (secondary N) is 1. The van der Waals surface area contributed by atoms with Crippen LogP contribution in [-0.4, -0.2) is 22.8 Å². The Balaban J connectivity index is 1.73. The molecule has 30 heavy (non-hydrogen) atoms. The van der Waals surface area contributed by atoms with E-state index in [4.69, 9.17) is 11.0 Å². The lowest BCUT2D eigenvalue weighted by atomic mass is 10.00. The van der Waals surface area contributed by atoms with Crippen LogP contribution in [0, 0.1) is 11.3 Å². The van der Waals surface area contributed by atoms with Crippen molar-refractivity contribution in [2.45, 2.75) is 12.5 Å². The van der Waals surface area contributed by atoms with E-state index in [0.717, 1.165) is 5.56 Å². The first kappa shape index (κ1) is 19.1. The average Bonchev–Trinajstić information content (AvgIpc) is 2.76. The molecule has 0 radical (unpaired) electrons. The predicted molar refractivity (Wildman–Crippen MR) is 115 cm³/mol. The molecule has 0 aliphatic carbocycles. The molecule has 0 saturated heterocycles. The zero-order valence-electron chi connectivity index (χ0n) is 16.0. The Kier molecular flexibility index (Phi) is 5.10. The summed E-state index contributed by atoms with van der Waals surface area (Å²) in [5, 5.41) is 13.3. The Morgan fingerprint density at radius 1 is 0.967 bits per heavy atom. The second kappa shape index (κ2) is 8.02. The first-order valence-electron chi connectivity index (χ1n) is 9.43. The summed E-state index contributed by atoms with van der Waals surface area (Å²) in [6.45, 7) is 0. The van der Waals surface area contributed by atoms with Gasteiger partial charge in [0.1, 0.15) is 6.04 Å². The number of hydrogen-bond donors (Lipinski definition) is 2. The molecule has 4 rings (SSSR count). The lowest BCUT2D eigenvalue weighted by Gasteiger charge is -2.17. The second-order valence-corrected chi connectivity index (χ2v) is 6.97. The van der Waals surface area contributed by atoms with Gasteiger partial charge in [0.05, 0.1) is 28.2 Å². The lowest BCUT2D eigenvalue weighted by molar-refractivity contribution is -0.119. The largest absolute Gasteiger partial charge is 0.368 e. The molecule has 0 saturated carbocycles. The number of benzene rings is 3. The molecule has 6 nitrogen and oxygen atoms in total. The summed E-state index contributed by atoms with van der Waals surface area (Å²) in [6, 6.07) is 22.8.